The van der Waals surface area contributed by atoms with Crippen molar-refractivity contribution in [2.24, 2.45) is 5.16 Å². The van der Waals surface area contributed by atoms with Crippen LogP contribution in [0.5, 0.6) is 0 Å². The third-order valence-electron chi connectivity index (χ3n) is 3.85. The van der Waals surface area contributed by atoms with Crippen LogP contribution in [-0.2, 0) is 0 Å². The smallest absolute Gasteiger partial charge is 0.0596 e. The molecule has 0 radical (unpaired) electrons. The Bertz CT molecular complexity index is 451. The van der Waals surface area contributed by atoms with Crippen LogP contribution in [0.15, 0.2) is 34.3 Å². The van der Waals surface area contributed by atoms with Gasteiger partial charge in [0.1, 0.15) is 0 Å². The molecule has 2 aliphatic rings. The van der Waals surface area contributed by atoms with Gasteiger partial charge in [0.25, 0.3) is 0 Å². The third-order valence-corrected chi connectivity index (χ3v) is 5.10. The van der Waals surface area contributed by atoms with Gasteiger partial charge in [-0.15, -0.1) is 11.8 Å². The van der Waals surface area contributed by atoms with Gasteiger partial charge >= 0.3 is 0 Å². The summed E-state index contributed by atoms with van der Waals surface area (Å²) in [5.74, 6) is 1.87. The Labute approximate surface area is 112 Å². The fraction of sp³-hybridized carbons (Fsp3) is 0.500. The number of rotatable bonds is 2. The van der Waals surface area contributed by atoms with Crippen LogP contribution >= 0.6 is 11.8 Å². The largest absolute Gasteiger partial charge is 0.411 e. The Morgan fingerprint density at radius 1 is 1.28 bits per heavy atom. The molecule has 3 nitrogen and oxygen atoms in total. The number of thioether (sulfide) groups is 1. The van der Waals surface area contributed by atoms with Crippen molar-refractivity contribution in [3.63, 3.8) is 0 Å². The lowest BCUT2D eigenvalue weighted by Gasteiger charge is -2.29. The van der Waals surface area contributed by atoms with Crippen LogP contribution in [-0.4, -0.2) is 41.2 Å². The zero-order chi connectivity index (χ0) is 12.4. The molecule has 1 atom stereocenters. The number of hydrogen-bond donors (Lipinski definition) is 1. The molecule has 96 valence electrons. The van der Waals surface area contributed by atoms with Crippen molar-refractivity contribution in [2.75, 3.05) is 25.4 Å². The van der Waals surface area contributed by atoms with Crippen LogP contribution in [0.1, 0.15) is 24.3 Å². The Morgan fingerprint density at radius 3 is 2.83 bits per heavy atom. The van der Waals surface area contributed by atoms with E-state index >= 15 is 0 Å². The highest BCUT2D eigenvalue weighted by Crippen LogP contribution is 2.39. The normalized spacial score (nSPS) is 24.0. The molecule has 18 heavy (non-hydrogen) atoms. The third kappa shape index (κ3) is 2.40. The summed E-state index contributed by atoms with van der Waals surface area (Å²) in [6, 6.07) is 8.76. The van der Waals surface area contributed by atoms with E-state index in [0.29, 0.717) is 5.92 Å². The van der Waals surface area contributed by atoms with Gasteiger partial charge in [-0.1, -0.05) is 23.4 Å². The zero-order valence-electron chi connectivity index (χ0n) is 10.4. The number of fused-ring (bicyclic) bond motifs is 1. The van der Waals surface area contributed by atoms with Gasteiger partial charge in [0.05, 0.1) is 5.71 Å². The lowest BCUT2D eigenvalue weighted by atomic mass is 9.99. The van der Waals surface area contributed by atoms with E-state index in [1.807, 2.05) is 11.8 Å². The summed E-state index contributed by atoms with van der Waals surface area (Å²) in [6.45, 7) is 3.20. The maximum Gasteiger partial charge on any atom is 0.0596 e. The Kier molecular flexibility index (Phi) is 3.57. The molecule has 1 aromatic rings. The zero-order valence-corrected chi connectivity index (χ0v) is 11.2. The van der Waals surface area contributed by atoms with Crippen molar-refractivity contribution >= 4 is 17.5 Å². The fourth-order valence-corrected chi connectivity index (χ4v) is 4.03. The Morgan fingerprint density at radius 2 is 2.06 bits per heavy atom. The summed E-state index contributed by atoms with van der Waals surface area (Å²) in [5.41, 5.74) is 2.47. The van der Waals surface area contributed by atoms with Gasteiger partial charge in [0.2, 0.25) is 0 Å². The second-order valence-corrected chi connectivity index (χ2v) is 6.07. The van der Waals surface area contributed by atoms with E-state index in [1.165, 1.54) is 16.2 Å². The quantitative estimate of drug-likeness (QED) is 0.657. The molecular weight excluding hydrogens is 244 g/mol. The van der Waals surface area contributed by atoms with Gasteiger partial charge in [-0.2, -0.15) is 0 Å². The topological polar surface area (TPSA) is 35.8 Å². The molecule has 1 aromatic carbocycles. The molecule has 2 heterocycles. The van der Waals surface area contributed by atoms with Gasteiger partial charge in [-0.3, -0.25) is 0 Å². The minimum absolute atomic E-state index is 0.666. The van der Waals surface area contributed by atoms with E-state index in [9.17, 15) is 0 Å². The van der Waals surface area contributed by atoms with Crippen LogP contribution in [0.2, 0.25) is 0 Å². The van der Waals surface area contributed by atoms with Crippen molar-refractivity contribution in [3.8, 4) is 0 Å². The summed E-state index contributed by atoms with van der Waals surface area (Å²) in [5, 5.41) is 12.1. The minimum atomic E-state index is 0.666. The molecule has 1 N–H and O–H groups in total. The Balaban J connectivity index is 1.62. The molecule has 0 spiro atoms. The van der Waals surface area contributed by atoms with Crippen LogP contribution in [0.4, 0.5) is 0 Å². The molecule has 0 bridgehead atoms. The molecule has 3 rings (SSSR count). The number of piperidine rings is 1. The predicted molar refractivity (Wildman–Crippen MR) is 74.8 cm³/mol. The SMILES string of the molecule is ON=C1CCN(CC2CSc3ccccc32)CC1. The molecular formula is C14H18N2OS. The van der Waals surface area contributed by atoms with Crippen molar-refractivity contribution in [1.82, 2.24) is 4.90 Å². The first kappa shape index (κ1) is 12.1. The van der Waals surface area contributed by atoms with Gasteiger partial charge in [0, 0.05) is 49.0 Å². The molecule has 4 heteroatoms. The Hall–Kier alpha value is -1.00. The summed E-state index contributed by atoms with van der Waals surface area (Å²) in [4.78, 5) is 3.96. The molecule has 1 fully saturated rings. The highest BCUT2D eigenvalue weighted by atomic mass is 32.2. The van der Waals surface area contributed by atoms with E-state index in [2.05, 4.69) is 34.3 Å². The average molecular weight is 262 g/mol. The van der Waals surface area contributed by atoms with Crippen molar-refractivity contribution in [1.29, 1.82) is 0 Å². The second-order valence-electron chi connectivity index (χ2n) is 5.01. The first-order valence-electron chi connectivity index (χ1n) is 6.50. The van der Waals surface area contributed by atoms with E-state index < -0.39 is 0 Å². The monoisotopic (exact) mass is 262 g/mol. The fourth-order valence-electron chi connectivity index (χ4n) is 2.79. The number of nitrogens with zero attached hydrogens (tertiary/aromatic N) is 2. The molecule has 1 unspecified atom stereocenters. The summed E-state index contributed by atoms with van der Waals surface area (Å²) < 4.78 is 0. The maximum atomic E-state index is 8.76. The summed E-state index contributed by atoms with van der Waals surface area (Å²) in [7, 11) is 0. The van der Waals surface area contributed by atoms with Crippen LogP contribution in [0, 0.1) is 0 Å². The standard InChI is InChI=1S/C14H18N2OS/c17-15-12-5-7-16(8-6-12)9-11-10-18-14-4-2-1-3-13(11)14/h1-4,11,17H,5-10H2. The molecule has 0 saturated carbocycles. The van der Waals surface area contributed by atoms with Crippen molar-refractivity contribution < 1.29 is 5.21 Å². The van der Waals surface area contributed by atoms with Gasteiger partial charge < -0.3 is 10.1 Å². The van der Waals surface area contributed by atoms with Gasteiger partial charge in [-0.05, 0) is 11.6 Å². The molecule has 0 aromatic heterocycles. The lowest BCUT2D eigenvalue weighted by Crippen LogP contribution is -2.36. The molecule has 2 aliphatic heterocycles. The predicted octanol–water partition coefficient (Wildman–Crippen LogP) is 2.80. The maximum absolute atomic E-state index is 8.76. The van der Waals surface area contributed by atoms with E-state index in [4.69, 9.17) is 5.21 Å². The van der Waals surface area contributed by atoms with Crippen molar-refractivity contribution in [3.05, 3.63) is 29.8 Å². The molecule has 0 amide bonds. The van der Waals surface area contributed by atoms with Crippen LogP contribution in [0.3, 0.4) is 0 Å². The average Bonchev–Trinajstić information content (AvgIpc) is 2.83. The highest BCUT2D eigenvalue weighted by molar-refractivity contribution is 7.99. The minimum Gasteiger partial charge on any atom is -0.411 e. The van der Waals surface area contributed by atoms with E-state index in [1.54, 1.807) is 0 Å². The number of hydrogen-bond acceptors (Lipinski definition) is 4. The first-order valence-corrected chi connectivity index (χ1v) is 7.49. The van der Waals surface area contributed by atoms with Crippen LogP contribution < -0.4 is 0 Å². The van der Waals surface area contributed by atoms with Crippen LogP contribution in [0.25, 0.3) is 0 Å². The van der Waals surface area contributed by atoms with Gasteiger partial charge in [0.15, 0.2) is 0 Å². The van der Waals surface area contributed by atoms with Gasteiger partial charge in [-0.25, -0.2) is 0 Å². The first-order chi connectivity index (χ1) is 8.86. The molecule has 1 saturated heterocycles. The molecule has 0 aliphatic carbocycles. The van der Waals surface area contributed by atoms with Crippen molar-refractivity contribution in [2.45, 2.75) is 23.7 Å². The summed E-state index contributed by atoms with van der Waals surface area (Å²) in [6.07, 6.45) is 1.83. The van der Waals surface area contributed by atoms with E-state index in [0.717, 1.165) is 38.2 Å². The number of benzene rings is 1. The number of likely N-dealkylation sites (tertiary alicyclic amines) is 1. The highest BCUT2D eigenvalue weighted by Gasteiger charge is 2.26. The van der Waals surface area contributed by atoms with E-state index in [-0.39, 0.29) is 0 Å². The number of oxime groups is 1. The lowest BCUT2D eigenvalue weighted by molar-refractivity contribution is 0.254. The summed E-state index contributed by atoms with van der Waals surface area (Å²) >= 11 is 1.98. The second kappa shape index (κ2) is 5.33.